The number of aromatic nitrogens is 1. The Morgan fingerprint density at radius 1 is 1.23 bits per heavy atom. The molecule has 0 amide bonds. The van der Waals surface area contributed by atoms with Crippen molar-refractivity contribution < 1.29 is 9.47 Å². The Balaban J connectivity index is 1.69. The van der Waals surface area contributed by atoms with Crippen molar-refractivity contribution in [2.75, 3.05) is 19.8 Å². The lowest BCUT2D eigenvalue weighted by atomic mass is 10.2. The highest BCUT2D eigenvalue weighted by atomic mass is 35.5. The molecule has 0 atom stereocenters. The Morgan fingerprint density at radius 3 is 2.92 bits per heavy atom. The third-order valence-corrected chi connectivity index (χ3v) is 4.07. The number of ether oxygens (including phenoxy) is 2. The fourth-order valence-electron chi connectivity index (χ4n) is 2.56. The van der Waals surface area contributed by atoms with Gasteiger partial charge in [0.15, 0.2) is 17.5 Å². The van der Waals surface area contributed by atoms with Gasteiger partial charge in [0, 0.05) is 19.2 Å². The van der Waals surface area contributed by atoms with Crippen molar-refractivity contribution in [1.82, 2.24) is 15.6 Å². The van der Waals surface area contributed by atoms with E-state index in [1.54, 1.807) is 6.20 Å². The number of nitrogens with zero attached hydrogens (tertiary/aromatic N) is 2. The Hall–Kier alpha value is -2.47. The quantitative estimate of drug-likeness (QED) is 0.621. The van der Waals surface area contributed by atoms with Crippen LogP contribution < -0.4 is 20.1 Å². The van der Waals surface area contributed by atoms with E-state index in [0.29, 0.717) is 42.8 Å². The number of aliphatic imine (C=N–C) groups is 1. The fraction of sp³-hybridized carbons (Fsp3) is 0.368. The zero-order valence-corrected chi connectivity index (χ0v) is 15.6. The summed E-state index contributed by atoms with van der Waals surface area (Å²) in [5.41, 5.74) is 1.92. The van der Waals surface area contributed by atoms with Crippen LogP contribution in [0, 0.1) is 0 Å². The summed E-state index contributed by atoms with van der Waals surface area (Å²) >= 11 is 6.34. The van der Waals surface area contributed by atoms with E-state index in [0.717, 1.165) is 30.2 Å². The van der Waals surface area contributed by atoms with Crippen molar-refractivity contribution in [3.63, 3.8) is 0 Å². The molecule has 138 valence electrons. The zero-order valence-electron chi connectivity index (χ0n) is 14.8. The molecule has 1 aliphatic heterocycles. The summed E-state index contributed by atoms with van der Waals surface area (Å²) in [5, 5.41) is 7.07. The molecule has 3 rings (SSSR count). The maximum Gasteiger partial charge on any atom is 0.191 e. The van der Waals surface area contributed by atoms with Crippen LogP contribution in [-0.2, 0) is 13.1 Å². The Kier molecular flexibility index (Phi) is 6.55. The minimum atomic E-state index is 0.480. The second kappa shape index (κ2) is 9.29. The molecule has 1 aromatic heterocycles. The van der Waals surface area contributed by atoms with Crippen LogP contribution in [0.15, 0.2) is 41.5 Å². The van der Waals surface area contributed by atoms with Gasteiger partial charge in [-0.15, -0.1) is 0 Å². The number of hydrogen-bond acceptors (Lipinski definition) is 4. The maximum atomic E-state index is 6.34. The highest BCUT2D eigenvalue weighted by Crippen LogP contribution is 2.38. The van der Waals surface area contributed by atoms with Gasteiger partial charge < -0.3 is 20.1 Å². The van der Waals surface area contributed by atoms with Gasteiger partial charge in [0.25, 0.3) is 0 Å². The number of guanidine groups is 1. The Morgan fingerprint density at radius 2 is 2.12 bits per heavy atom. The fourth-order valence-corrected chi connectivity index (χ4v) is 2.85. The smallest absolute Gasteiger partial charge is 0.191 e. The Bertz CT molecular complexity index is 753. The largest absolute Gasteiger partial charge is 0.489 e. The van der Waals surface area contributed by atoms with Crippen molar-refractivity contribution in [3.8, 4) is 11.5 Å². The second-order valence-electron chi connectivity index (χ2n) is 5.83. The van der Waals surface area contributed by atoms with Gasteiger partial charge in [0.1, 0.15) is 0 Å². The van der Waals surface area contributed by atoms with Crippen molar-refractivity contribution in [3.05, 3.63) is 52.8 Å². The lowest BCUT2D eigenvalue weighted by Crippen LogP contribution is -2.37. The number of nitrogens with one attached hydrogen (secondary N) is 2. The summed E-state index contributed by atoms with van der Waals surface area (Å²) < 4.78 is 11.4. The van der Waals surface area contributed by atoms with Gasteiger partial charge in [-0.1, -0.05) is 17.7 Å². The summed E-state index contributed by atoms with van der Waals surface area (Å²) in [6.07, 6.45) is 2.63. The van der Waals surface area contributed by atoms with Gasteiger partial charge in [0.2, 0.25) is 0 Å². The average Bonchev–Trinajstić information content (AvgIpc) is 2.91. The van der Waals surface area contributed by atoms with E-state index in [9.17, 15) is 0 Å². The molecule has 0 saturated carbocycles. The summed E-state index contributed by atoms with van der Waals surface area (Å²) in [4.78, 5) is 8.93. The number of pyridine rings is 1. The first-order chi connectivity index (χ1) is 12.8. The Labute approximate surface area is 158 Å². The number of rotatable bonds is 5. The molecule has 0 bridgehead atoms. The van der Waals surface area contributed by atoms with Crippen molar-refractivity contribution in [2.45, 2.75) is 26.4 Å². The molecule has 1 aromatic carbocycles. The standard InChI is InChI=1S/C19H23ClN4O2/c1-2-21-19(24-13-15-6-3-4-7-22-15)23-12-14-10-16(20)18-17(11-14)25-8-5-9-26-18/h3-4,6-7,10-11H,2,5,8-9,12-13H2,1H3,(H2,21,23,24). The molecular formula is C19H23ClN4O2. The monoisotopic (exact) mass is 374 g/mol. The van der Waals surface area contributed by atoms with Gasteiger partial charge in [0.05, 0.1) is 37.0 Å². The van der Waals surface area contributed by atoms with E-state index < -0.39 is 0 Å². The summed E-state index contributed by atoms with van der Waals surface area (Å²) in [5.74, 6) is 2.03. The molecule has 0 spiro atoms. The van der Waals surface area contributed by atoms with Crippen molar-refractivity contribution in [1.29, 1.82) is 0 Å². The number of hydrogen-bond donors (Lipinski definition) is 2. The number of fused-ring (bicyclic) bond motifs is 1. The lowest BCUT2D eigenvalue weighted by molar-refractivity contribution is 0.297. The highest BCUT2D eigenvalue weighted by Gasteiger charge is 2.15. The van der Waals surface area contributed by atoms with E-state index in [-0.39, 0.29) is 0 Å². The third kappa shape index (κ3) is 5.02. The summed E-state index contributed by atoms with van der Waals surface area (Å²) in [6.45, 7) is 5.14. The normalized spacial score (nSPS) is 13.8. The SMILES string of the molecule is CCNC(=NCc1cc(Cl)c2c(c1)OCCCO2)NCc1ccccn1. The highest BCUT2D eigenvalue weighted by molar-refractivity contribution is 6.32. The van der Waals surface area contributed by atoms with Gasteiger partial charge in [-0.25, -0.2) is 4.99 Å². The predicted molar refractivity (Wildman–Crippen MR) is 103 cm³/mol. The third-order valence-electron chi connectivity index (χ3n) is 3.79. The van der Waals surface area contributed by atoms with E-state index in [2.05, 4.69) is 20.6 Å². The number of halogens is 1. The molecule has 0 saturated heterocycles. The van der Waals surface area contributed by atoms with E-state index in [1.165, 1.54) is 0 Å². The summed E-state index contributed by atoms with van der Waals surface area (Å²) in [6, 6.07) is 9.66. The van der Waals surface area contributed by atoms with Gasteiger partial charge in [-0.2, -0.15) is 0 Å². The van der Waals surface area contributed by atoms with Crippen LogP contribution in [0.5, 0.6) is 11.5 Å². The van der Waals surface area contributed by atoms with Gasteiger partial charge in [-0.3, -0.25) is 4.98 Å². The molecule has 0 fully saturated rings. The molecule has 2 heterocycles. The molecule has 6 nitrogen and oxygen atoms in total. The van der Waals surface area contributed by atoms with Crippen LogP contribution in [0.3, 0.4) is 0 Å². The molecular weight excluding hydrogens is 352 g/mol. The van der Waals surface area contributed by atoms with Crippen LogP contribution in [0.4, 0.5) is 0 Å². The van der Waals surface area contributed by atoms with E-state index >= 15 is 0 Å². The molecule has 0 unspecified atom stereocenters. The van der Waals surface area contributed by atoms with Gasteiger partial charge in [-0.05, 0) is 36.8 Å². The first-order valence-electron chi connectivity index (χ1n) is 8.76. The molecule has 7 heteroatoms. The summed E-state index contributed by atoms with van der Waals surface area (Å²) in [7, 11) is 0. The minimum Gasteiger partial charge on any atom is -0.489 e. The maximum absolute atomic E-state index is 6.34. The molecule has 0 aliphatic carbocycles. The zero-order chi connectivity index (χ0) is 18.2. The minimum absolute atomic E-state index is 0.480. The van der Waals surface area contributed by atoms with Crippen LogP contribution in [0.2, 0.25) is 5.02 Å². The number of benzene rings is 1. The van der Waals surface area contributed by atoms with E-state index in [1.807, 2.05) is 37.3 Å². The first-order valence-corrected chi connectivity index (χ1v) is 9.14. The second-order valence-corrected chi connectivity index (χ2v) is 6.23. The van der Waals surface area contributed by atoms with Crippen LogP contribution in [0.25, 0.3) is 0 Å². The van der Waals surface area contributed by atoms with Crippen molar-refractivity contribution in [2.24, 2.45) is 4.99 Å². The molecule has 0 radical (unpaired) electrons. The van der Waals surface area contributed by atoms with E-state index in [4.69, 9.17) is 21.1 Å². The molecule has 2 aromatic rings. The first kappa shape index (κ1) is 18.3. The average molecular weight is 375 g/mol. The predicted octanol–water partition coefficient (Wildman–Crippen LogP) is 3.15. The topological polar surface area (TPSA) is 67.8 Å². The van der Waals surface area contributed by atoms with Crippen LogP contribution in [0.1, 0.15) is 24.6 Å². The van der Waals surface area contributed by atoms with Crippen LogP contribution >= 0.6 is 11.6 Å². The molecule has 26 heavy (non-hydrogen) atoms. The van der Waals surface area contributed by atoms with Crippen LogP contribution in [-0.4, -0.2) is 30.7 Å². The molecule has 2 N–H and O–H groups in total. The lowest BCUT2D eigenvalue weighted by Gasteiger charge is -2.13. The van der Waals surface area contributed by atoms with Crippen molar-refractivity contribution >= 4 is 17.6 Å². The van der Waals surface area contributed by atoms with Gasteiger partial charge >= 0.3 is 0 Å². The molecule has 1 aliphatic rings.